The summed E-state index contributed by atoms with van der Waals surface area (Å²) in [6, 6.07) is 12.3. The Balaban J connectivity index is 2.53. The number of halogens is 2. The fourth-order valence-electron chi connectivity index (χ4n) is 2.08. The van der Waals surface area contributed by atoms with E-state index in [2.05, 4.69) is 5.32 Å². The molecule has 0 spiro atoms. The van der Waals surface area contributed by atoms with Crippen LogP contribution in [0.15, 0.2) is 42.5 Å². The molecule has 1 N–H and O–H groups in total. The van der Waals surface area contributed by atoms with Gasteiger partial charge in [0.25, 0.3) is 0 Å². The van der Waals surface area contributed by atoms with E-state index in [-0.39, 0.29) is 11.9 Å². The highest BCUT2D eigenvalue weighted by atomic mass is 35.5. The Morgan fingerprint density at radius 1 is 1.06 bits per heavy atom. The van der Waals surface area contributed by atoms with E-state index in [9.17, 15) is 4.39 Å². The van der Waals surface area contributed by atoms with Crippen LogP contribution < -0.4 is 5.32 Å². The van der Waals surface area contributed by atoms with Crippen LogP contribution in [0.2, 0.25) is 5.02 Å². The van der Waals surface area contributed by atoms with Gasteiger partial charge >= 0.3 is 0 Å². The van der Waals surface area contributed by atoms with E-state index in [4.69, 9.17) is 11.6 Å². The predicted octanol–water partition coefficient (Wildman–Crippen LogP) is 4.10. The van der Waals surface area contributed by atoms with Crippen molar-refractivity contribution in [3.8, 4) is 0 Å². The minimum Gasteiger partial charge on any atom is -0.309 e. The van der Waals surface area contributed by atoms with E-state index in [1.807, 2.05) is 31.2 Å². The predicted molar refractivity (Wildman–Crippen MR) is 73.5 cm³/mol. The van der Waals surface area contributed by atoms with E-state index in [0.29, 0.717) is 10.6 Å². The Kier molecular flexibility index (Phi) is 4.00. The summed E-state index contributed by atoms with van der Waals surface area (Å²) in [6.07, 6.45) is 0. The van der Waals surface area contributed by atoms with Gasteiger partial charge in [-0.3, -0.25) is 0 Å². The Morgan fingerprint density at radius 3 is 2.39 bits per heavy atom. The van der Waals surface area contributed by atoms with Crippen LogP contribution >= 0.6 is 11.6 Å². The lowest BCUT2D eigenvalue weighted by Crippen LogP contribution is -2.19. The molecule has 0 bridgehead atoms. The van der Waals surface area contributed by atoms with Crippen molar-refractivity contribution in [3.63, 3.8) is 0 Å². The Bertz CT molecular complexity index is 554. The van der Waals surface area contributed by atoms with Gasteiger partial charge in [0.05, 0.1) is 6.04 Å². The molecule has 0 saturated carbocycles. The van der Waals surface area contributed by atoms with Gasteiger partial charge in [-0.1, -0.05) is 48.0 Å². The van der Waals surface area contributed by atoms with Crippen molar-refractivity contribution in [1.82, 2.24) is 5.32 Å². The minimum absolute atomic E-state index is 0.227. The number of hydrogen-bond acceptors (Lipinski definition) is 1. The number of nitrogens with one attached hydrogen (secondary N) is 1. The fraction of sp³-hybridized carbons (Fsp3) is 0.200. The third kappa shape index (κ3) is 2.40. The average molecular weight is 264 g/mol. The molecule has 1 unspecified atom stereocenters. The van der Waals surface area contributed by atoms with Crippen LogP contribution in [0.1, 0.15) is 22.7 Å². The molecule has 0 saturated heterocycles. The molecular weight excluding hydrogens is 249 g/mol. The summed E-state index contributed by atoms with van der Waals surface area (Å²) < 4.78 is 13.9. The normalized spacial score (nSPS) is 12.4. The van der Waals surface area contributed by atoms with E-state index in [1.54, 1.807) is 19.2 Å². The van der Waals surface area contributed by atoms with Crippen molar-refractivity contribution in [3.05, 3.63) is 70.0 Å². The Morgan fingerprint density at radius 2 is 1.72 bits per heavy atom. The van der Waals surface area contributed by atoms with E-state index in [0.717, 1.165) is 11.1 Å². The zero-order valence-corrected chi connectivity index (χ0v) is 11.1. The highest BCUT2D eigenvalue weighted by Gasteiger charge is 2.18. The van der Waals surface area contributed by atoms with Crippen molar-refractivity contribution in [1.29, 1.82) is 0 Å². The summed E-state index contributed by atoms with van der Waals surface area (Å²) in [6.45, 7) is 1.94. The maximum Gasteiger partial charge on any atom is 0.128 e. The SMILES string of the molecule is CNC(c1ccccc1F)c1cccc(C)c1Cl. The van der Waals surface area contributed by atoms with Crippen LogP contribution in [0, 0.1) is 12.7 Å². The zero-order valence-electron chi connectivity index (χ0n) is 10.4. The van der Waals surface area contributed by atoms with Gasteiger partial charge in [0, 0.05) is 10.6 Å². The van der Waals surface area contributed by atoms with Gasteiger partial charge in [0.1, 0.15) is 5.82 Å². The molecule has 94 valence electrons. The maximum atomic E-state index is 13.9. The second-order valence-corrected chi connectivity index (χ2v) is 4.60. The smallest absolute Gasteiger partial charge is 0.128 e. The largest absolute Gasteiger partial charge is 0.309 e. The molecule has 0 radical (unpaired) electrons. The molecule has 18 heavy (non-hydrogen) atoms. The van der Waals surface area contributed by atoms with Crippen LogP contribution in [0.25, 0.3) is 0 Å². The first-order valence-corrected chi connectivity index (χ1v) is 6.19. The first-order chi connectivity index (χ1) is 8.65. The summed E-state index contributed by atoms with van der Waals surface area (Å²) in [7, 11) is 1.80. The van der Waals surface area contributed by atoms with Crippen LogP contribution in [0.4, 0.5) is 4.39 Å². The molecule has 2 aromatic carbocycles. The van der Waals surface area contributed by atoms with Crippen LogP contribution in [0.3, 0.4) is 0 Å². The van der Waals surface area contributed by atoms with Crippen molar-refractivity contribution in [2.45, 2.75) is 13.0 Å². The number of rotatable bonds is 3. The van der Waals surface area contributed by atoms with Gasteiger partial charge in [-0.05, 0) is 31.2 Å². The quantitative estimate of drug-likeness (QED) is 0.879. The lowest BCUT2D eigenvalue weighted by Gasteiger charge is -2.20. The van der Waals surface area contributed by atoms with E-state index in [1.165, 1.54) is 6.07 Å². The molecule has 2 aromatic rings. The Labute approximate surface area is 112 Å². The standard InChI is InChI=1S/C15H15ClFN/c1-10-6-5-8-12(14(10)16)15(18-2)11-7-3-4-9-13(11)17/h3-9,15,18H,1-2H3. The van der Waals surface area contributed by atoms with Gasteiger partial charge < -0.3 is 5.32 Å². The van der Waals surface area contributed by atoms with Crippen molar-refractivity contribution < 1.29 is 4.39 Å². The van der Waals surface area contributed by atoms with Gasteiger partial charge in [0.2, 0.25) is 0 Å². The lowest BCUT2D eigenvalue weighted by molar-refractivity contribution is 0.576. The third-order valence-electron chi connectivity index (χ3n) is 3.04. The van der Waals surface area contributed by atoms with Crippen LogP contribution in [-0.4, -0.2) is 7.05 Å². The first-order valence-electron chi connectivity index (χ1n) is 5.82. The van der Waals surface area contributed by atoms with Gasteiger partial charge in [-0.15, -0.1) is 0 Å². The van der Waals surface area contributed by atoms with Crippen molar-refractivity contribution >= 4 is 11.6 Å². The van der Waals surface area contributed by atoms with E-state index >= 15 is 0 Å². The molecule has 0 aromatic heterocycles. The molecule has 1 nitrogen and oxygen atoms in total. The molecule has 0 aliphatic carbocycles. The molecular formula is C15H15ClFN. The summed E-state index contributed by atoms with van der Waals surface area (Å²) in [5.74, 6) is -0.227. The highest BCUT2D eigenvalue weighted by Crippen LogP contribution is 2.31. The number of aryl methyl sites for hydroxylation is 1. The van der Waals surface area contributed by atoms with Crippen molar-refractivity contribution in [2.24, 2.45) is 0 Å². The van der Waals surface area contributed by atoms with Crippen molar-refractivity contribution in [2.75, 3.05) is 7.05 Å². The molecule has 3 heteroatoms. The summed E-state index contributed by atoms with van der Waals surface area (Å²) >= 11 is 6.31. The topological polar surface area (TPSA) is 12.0 Å². The molecule has 2 rings (SSSR count). The van der Waals surface area contributed by atoms with Crippen LogP contribution in [0.5, 0.6) is 0 Å². The second-order valence-electron chi connectivity index (χ2n) is 4.22. The number of benzene rings is 2. The second kappa shape index (κ2) is 5.51. The summed E-state index contributed by atoms with van der Waals surface area (Å²) in [5.41, 5.74) is 2.49. The highest BCUT2D eigenvalue weighted by molar-refractivity contribution is 6.32. The van der Waals surface area contributed by atoms with Gasteiger partial charge in [-0.25, -0.2) is 4.39 Å². The number of hydrogen-bond donors (Lipinski definition) is 1. The molecule has 0 fully saturated rings. The third-order valence-corrected chi connectivity index (χ3v) is 3.55. The average Bonchev–Trinajstić information content (AvgIpc) is 2.37. The Hall–Kier alpha value is -1.38. The van der Waals surface area contributed by atoms with Crippen LogP contribution in [-0.2, 0) is 0 Å². The maximum absolute atomic E-state index is 13.9. The first kappa shape index (κ1) is 13.1. The van der Waals surface area contributed by atoms with Gasteiger partial charge in [-0.2, -0.15) is 0 Å². The molecule has 0 heterocycles. The molecule has 0 aliphatic rings. The zero-order chi connectivity index (χ0) is 13.1. The minimum atomic E-state index is -0.237. The molecule has 0 aliphatic heterocycles. The van der Waals surface area contributed by atoms with E-state index < -0.39 is 0 Å². The molecule has 0 amide bonds. The van der Waals surface area contributed by atoms with Gasteiger partial charge in [0.15, 0.2) is 0 Å². The monoisotopic (exact) mass is 263 g/mol. The summed E-state index contributed by atoms with van der Waals surface area (Å²) in [4.78, 5) is 0. The lowest BCUT2D eigenvalue weighted by atomic mass is 9.97. The molecule has 1 atom stereocenters. The summed E-state index contributed by atoms with van der Waals surface area (Å²) in [5, 5.41) is 3.80. The fourth-order valence-corrected chi connectivity index (χ4v) is 2.32.